The fourth-order valence-electron chi connectivity index (χ4n) is 3.37. The molecule has 1 heterocycles. The Morgan fingerprint density at radius 2 is 1.73 bits per heavy atom. The van der Waals surface area contributed by atoms with Crippen LogP contribution in [0, 0.1) is 0 Å². The molecule has 0 amide bonds. The molecule has 2 atom stereocenters. The minimum absolute atomic E-state index is 0.419. The lowest BCUT2D eigenvalue weighted by atomic mass is 10.0. The molecule has 0 saturated carbocycles. The lowest BCUT2D eigenvalue weighted by Gasteiger charge is -2.35. The van der Waals surface area contributed by atoms with Crippen LogP contribution in [0.1, 0.15) is 36.9 Å². The molecule has 0 spiro atoms. The third-order valence-electron chi connectivity index (χ3n) is 4.54. The average molecular weight is 294 g/mol. The van der Waals surface area contributed by atoms with Crippen LogP contribution in [0.2, 0.25) is 0 Å². The highest BCUT2D eigenvalue weighted by Crippen LogP contribution is 2.18. The number of hydrogen-bond acceptors (Lipinski definition) is 2. The Balaban J connectivity index is 1.54. The van der Waals surface area contributed by atoms with E-state index in [1.54, 1.807) is 0 Å². The molecule has 22 heavy (non-hydrogen) atoms. The third kappa shape index (κ3) is 4.19. The molecule has 2 aromatic rings. The first-order valence-electron chi connectivity index (χ1n) is 8.38. The number of benzene rings is 2. The highest BCUT2D eigenvalue weighted by Gasteiger charge is 2.21. The highest BCUT2D eigenvalue weighted by atomic mass is 15.2. The zero-order valence-electron chi connectivity index (χ0n) is 13.4. The van der Waals surface area contributed by atoms with Gasteiger partial charge in [0.2, 0.25) is 0 Å². The van der Waals surface area contributed by atoms with E-state index >= 15 is 0 Å². The Kier molecular flexibility index (Phi) is 5.25. The van der Waals surface area contributed by atoms with Gasteiger partial charge >= 0.3 is 0 Å². The van der Waals surface area contributed by atoms with E-state index in [9.17, 15) is 0 Å². The van der Waals surface area contributed by atoms with Crippen molar-refractivity contribution in [3.8, 4) is 0 Å². The first-order valence-corrected chi connectivity index (χ1v) is 8.38. The van der Waals surface area contributed by atoms with Gasteiger partial charge in [-0.1, -0.05) is 60.7 Å². The molecule has 0 unspecified atom stereocenters. The van der Waals surface area contributed by atoms with Crippen LogP contribution >= 0.6 is 0 Å². The van der Waals surface area contributed by atoms with Gasteiger partial charge in [-0.2, -0.15) is 0 Å². The molecular formula is C20H26N2. The van der Waals surface area contributed by atoms with Gasteiger partial charge in [-0.05, 0) is 37.4 Å². The van der Waals surface area contributed by atoms with Crippen LogP contribution in [0.3, 0.4) is 0 Å². The number of rotatable bonds is 5. The van der Waals surface area contributed by atoms with E-state index in [1.165, 1.54) is 30.5 Å². The quantitative estimate of drug-likeness (QED) is 0.896. The maximum absolute atomic E-state index is 3.81. The SMILES string of the molecule is C[C@@H](N[C@@H]1CCCN(Cc2ccccc2)C1)c1ccccc1. The molecule has 1 saturated heterocycles. The van der Waals surface area contributed by atoms with Gasteiger partial charge in [-0.25, -0.2) is 0 Å². The summed E-state index contributed by atoms with van der Waals surface area (Å²) in [7, 11) is 0. The van der Waals surface area contributed by atoms with Crippen LogP contribution in [0.15, 0.2) is 60.7 Å². The van der Waals surface area contributed by atoms with Crippen molar-refractivity contribution in [2.45, 2.75) is 38.4 Å². The molecule has 1 fully saturated rings. The summed E-state index contributed by atoms with van der Waals surface area (Å²) in [5.74, 6) is 0. The van der Waals surface area contributed by atoms with Gasteiger partial charge in [0, 0.05) is 25.2 Å². The molecule has 2 heteroatoms. The summed E-state index contributed by atoms with van der Waals surface area (Å²) in [5, 5.41) is 3.81. The van der Waals surface area contributed by atoms with Crippen molar-refractivity contribution in [1.29, 1.82) is 0 Å². The maximum atomic E-state index is 3.81. The molecule has 0 aliphatic carbocycles. The number of hydrogen-bond donors (Lipinski definition) is 1. The van der Waals surface area contributed by atoms with Gasteiger partial charge < -0.3 is 5.32 Å². The molecule has 2 aromatic carbocycles. The van der Waals surface area contributed by atoms with E-state index in [0.717, 1.165) is 13.1 Å². The van der Waals surface area contributed by atoms with Gasteiger partial charge in [0.25, 0.3) is 0 Å². The molecule has 1 N–H and O–H groups in total. The summed E-state index contributed by atoms with van der Waals surface area (Å²) in [6, 6.07) is 22.6. The fraction of sp³-hybridized carbons (Fsp3) is 0.400. The van der Waals surface area contributed by atoms with Gasteiger partial charge in [0.05, 0.1) is 0 Å². The van der Waals surface area contributed by atoms with Crippen LogP contribution in [-0.2, 0) is 6.54 Å². The summed E-state index contributed by atoms with van der Waals surface area (Å²) < 4.78 is 0. The van der Waals surface area contributed by atoms with Crippen molar-refractivity contribution in [3.63, 3.8) is 0 Å². The molecule has 0 aromatic heterocycles. The molecule has 2 nitrogen and oxygen atoms in total. The lowest BCUT2D eigenvalue weighted by Crippen LogP contribution is -2.46. The summed E-state index contributed by atoms with van der Waals surface area (Å²) in [5.41, 5.74) is 2.79. The molecular weight excluding hydrogens is 268 g/mol. The number of nitrogens with zero attached hydrogens (tertiary/aromatic N) is 1. The largest absolute Gasteiger partial charge is 0.306 e. The second kappa shape index (κ2) is 7.57. The van der Waals surface area contributed by atoms with E-state index in [-0.39, 0.29) is 0 Å². The van der Waals surface area contributed by atoms with Gasteiger partial charge in [-0.15, -0.1) is 0 Å². The highest BCUT2D eigenvalue weighted by molar-refractivity contribution is 5.18. The predicted molar refractivity (Wildman–Crippen MR) is 92.7 cm³/mol. The van der Waals surface area contributed by atoms with E-state index < -0.39 is 0 Å². The molecule has 1 aliphatic heterocycles. The summed E-state index contributed by atoms with van der Waals surface area (Å²) in [4.78, 5) is 2.58. The van der Waals surface area contributed by atoms with Crippen LogP contribution in [0.4, 0.5) is 0 Å². The average Bonchev–Trinajstić information content (AvgIpc) is 2.57. The van der Waals surface area contributed by atoms with Crippen LogP contribution < -0.4 is 5.32 Å². The molecule has 0 bridgehead atoms. The van der Waals surface area contributed by atoms with Crippen molar-refractivity contribution in [2.75, 3.05) is 13.1 Å². The monoisotopic (exact) mass is 294 g/mol. The zero-order valence-corrected chi connectivity index (χ0v) is 13.4. The van der Waals surface area contributed by atoms with E-state index in [2.05, 4.69) is 77.8 Å². The van der Waals surface area contributed by atoms with E-state index in [4.69, 9.17) is 0 Å². The topological polar surface area (TPSA) is 15.3 Å². The van der Waals surface area contributed by atoms with Crippen molar-refractivity contribution < 1.29 is 0 Å². The number of piperidine rings is 1. The fourth-order valence-corrected chi connectivity index (χ4v) is 3.37. The van der Waals surface area contributed by atoms with Crippen molar-refractivity contribution in [2.24, 2.45) is 0 Å². The van der Waals surface area contributed by atoms with Crippen LogP contribution in [-0.4, -0.2) is 24.0 Å². The predicted octanol–water partition coefficient (Wildman–Crippen LogP) is 4.00. The van der Waals surface area contributed by atoms with Crippen molar-refractivity contribution in [1.82, 2.24) is 10.2 Å². The Morgan fingerprint density at radius 1 is 1.05 bits per heavy atom. The number of likely N-dealkylation sites (tertiary alicyclic amines) is 1. The van der Waals surface area contributed by atoms with E-state index in [1.807, 2.05) is 0 Å². The summed E-state index contributed by atoms with van der Waals surface area (Å²) >= 11 is 0. The maximum Gasteiger partial charge on any atom is 0.0294 e. The standard InChI is InChI=1S/C20H26N2/c1-17(19-11-6-3-7-12-19)21-20-13-8-14-22(16-20)15-18-9-4-2-5-10-18/h2-7,9-12,17,20-21H,8,13-16H2,1H3/t17-,20-/m1/s1. The smallest absolute Gasteiger partial charge is 0.0294 e. The Morgan fingerprint density at radius 3 is 2.45 bits per heavy atom. The number of nitrogens with one attached hydrogen (secondary N) is 1. The van der Waals surface area contributed by atoms with Gasteiger partial charge in [0.15, 0.2) is 0 Å². The third-order valence-corrected chi connectivity index (χ3v) is 4.54. The normalized spacial score (nSPS) is 20.7. The molecule has 116 valence electrons. The van der Waals surface area contributed by atoms with Crippen molar-refractivity contribution in [3.05, 3.63) is 71.8 Å². The molecule has 1 aliphatic rings. The van der Waals surface area contributed by atoms with Crippen LogP contribution in [0.25, 0.3) is 0 Å². The van der Waals surface area contributed by atoms with Crippen LogP contribution in [0.5, 0.6) is 0 Å². The summed E-state index contributed by atoms with van der Waals surface area (Å²) in [6.07, 6.45) is 2.56. The second-order valence-electron chi connectivity index (χ2n) is 6.36. The van der Waals surface area contributed by atoms with Gasteiger partial charge in [0.1, 0.15) is 0 Å². The minimum Gasteiger partial charge on any atom is -0.306 e. The first kappa shape index (κ1) is 15.3. The molecule has 0 radical (unpaired) electrons. The minimum atomic E-state index is 0.419. The van der Waals surface area contributed by atoms with E-state index in [0.29, 0.717) is 12.1 Å². The van der Waals surface area contributed by atoms with Gasteiger partial charge in [-0.3, -0.25) is 4.90 Å². The first-order chi connectivity index (χ1) is 10.8. The van der Waals surface area contributed by atoms with Crippen molar-refractivity contribution >= 4 is 0 Å². The second-order valence-corrected chi connectivity index (χ2v) is 6.36. The Hall–Kier alpha value is -1.64. The Bertz CT molecular complexity index is 552. The Labute approximate surface area is 134 Å². The summed E-state index contributed by atoms with van der Waals surface area (Å²) in [6.45, 7) is 5.70. The lowest BCUT2D eigenvalue weighted by molar-refractivity contribution is 0.177. The molecule has 3 rings (SSSR count). The zero-order chi connectivity index (χ0) is 15.2.